The average Bonchev–Trinajstić information content (AvgIpc) is 2.06. The number of hydrogen-bond donors (Lipinski definition) is 2. The third-order valence-electron chi connectivity index (χ3n) is 2.26. The molecule has 0 aliphatic carbocycles. The normalized spacial score (nSPS) is 13.9. The zero-order valence-corrected chi connectivity index (χ0v) is 8.06. The molecule has 0 aromatic carbocycles. The van der Waals surface area contributed by atoms with E-state index in [2.05, 4.69) is 26.1 Å². The van der Waals surface area contributed by atoms with Crippen molar-refractivity contribution in [1.29, 1.82) is 0 Å². The van der Waals surface area contributed by atoms with Gasteiger partial charge in [-0.15, -0.1) is 0 Å². The van der Waals surface area contributed by atoms with E-state index in [1.165, 1.54) is 12.8 Å². The Kier molecular flexibility index (Phi) is 6.57. The highest BCUT2D eigenvalue weighted by molar-refractivity contribution is 4.64. The second-order valence-electron chi connectivity index (χ2n) is 3.23. The van der Waals surface area contributed by atoms with Crippen molar-refractivity contribution in [3.05, 3.63) is 0 Å². The topological polar surface area (TPSA) is 38.0 Å². The maximum absolute atomic E-state index is 5.48. The van der Waals surface area contributed by atoms with E-state index < -0.39 is 0 Å². The van der Waals surface area contributed by atoms with Crippen molar-refractivity contribution in [2.45, 2.75) is 39.7 Å². The van der Waals surface area contributed by atoms with Gasteiger partial charge in [0.25, 0.3) is 0 Å². The van der Waals surface area contributed by atoms with Gasteiger partial charge in [0.2, 0.25) is 0 Å². The molecule has 0 aromatic heterocycles. The van der Waals surface area contributed by atoms with Crippen LogP contribution in [0.25, 0.3) is 0 Å². The largest absolute Gasteiger partial charge is 0.329 e. The maximum Gasteiger partial charge on any atom is 0.0162 e. The van der Waals surface area contributed by atoms with Crippen molar-refractivity contribution < 1.29 is 0 Å². The van der Waals surface area contributed by atoms with Gasteiger partial charge < -0.3 is 11.1 Å². The van der Waals surface area contributed by atoms with Gasteiger partial charge in [0.05, 0.1) is 0 Å². The molecule has 3 N–H and O–H groups in total. The van der Waals surface area contributed by atoms with E-state index in [0.29, 0.717) is 6.04 Å². The molecule has 68 valence electrons. The first-order valence-electron chi connectivity index (χ1n) is 4.68. The van der Waals surface area contributed by atoms with Crippen molar-refractivity contribution in [2.75, 3.05) is 13.1 Å². The summed E-state index contributed by atoms with van der Waals surface area (Å²) in [5.74, 6) is 0.823. The predicted molar refractivity (Wildman–Crippen MR) is 50.6 cm³/mol. The van der Waals surface area contributed by atoms with E-state index in [9.17, 15) is 0 Å². The van der Waals surface area contributed by atoms with Gasteiger partial charge in [-0.3, -0.25) is 0 Å². The molecule has 11 heavy (non-hydrogen) atoms. The number of nitrogens with one attached hydrogen (secondary N) is 1. The number of nitrogens with two attached hydrogens (primary N) is 1. The van der Waals surface area contributed by atoms with Gasteiger partial charge in [-0.2, -0.15) is 0 Å². The van der Waals surface area contributed by atoms with Crippen LogP contribution in [0.3, 0.4) is 0 Å². The Morgan fingerprint density at radius 1 is 1.27 bits per heavy atom. The summed E-state index contributed by atoms with van der Waals surface area (Å²) in [6.07, 6.45) is 2.53. The van der Waals surface area contributed by atoms with Crippen LogP contribution in [-0.4, -0.2) is 19.1 Å². The molecule has 0 aliphatic heterocycles. The van der Waals surface area contributed by atoms with Crippen LogP contribution < -0.4 is 11.1 Å². The van der Waals surface area contributed by atoms with Crippen molar-refractivity contribution in [3.63, 3.8) is 0 Å². The lowest BCUT2D eigenvalue weighted by molar-refractivity contribution is 0.420. The molecule has 0 spiro atoms. The standard InChI is InChI=1S/C9H22N2/c1-4-9(5-2)7-11-8(3)6-10/h8-9,11H,4-7,10H2,1-3H3/t8-/m1/s1. The van der Waals surface area contributed by atoms with Crippen LogP contribution in [0.5, 0.6) is 0 Å². The van der Waals surface area contributed by atoms with E-state index >= 15 is 0 Å². The molecule has 0 radical (unpaired) electrons. The van der Waals surface area contributed by atoms with Crippen molar-refractivity contribution in [2.24, 2.45) is 11.7 Å². The average molecular weight is 158 g/mol. The van der Waals surface area contributed by atoms with Crippen molar-refractivity contribution >= 4 is 0 Å². The van der Waals surface area contributed by atoms with Gasteiger partial charge in [-0.05, 0) is 19.4 Å². The minimum absolute atomic E-state index is 0.468. The fourth-order valence-corrected chi connectivity index (χ4v) is 1.03. The highest BCUT2D eigenvalue weighted by Gasteiger charge is 2.04. The van der Waals surface area contributed by atoms with Crippen LogP contribution in [0.15, 0.2) is 0 Å². The highest BCUT2D eigenvalue weighted by atomic mass is 14.9. The highest BCUT2D eigenvalue weighted by Crippen LogP contribution is 2.05. The van der Waals surface area contributed by atoms with Crippen LogP contribution in [0, 0.1) is 5.92 Å². The Balaban J connectivity index is 3.34. The van der Waals surface area contributed by atoms with Crippen molar-refractivity contribution in [1.82, 2.24) is 5.32 Å². The lowest BCUT2D eigenvalue weighted by atomic mass is 10.0. The molecular formula is C9H22N2. The molecule has 2 heteroatoms. The predicted octanol–water partition coefficient (Wildman–Crippen LogP) is 1.36. The first-order valence-corrected chi connectivity index (χ1v) is 4.68. The molecule has 0 heterocycles. The summed E-state index contributed by atoms with van der Waals surface area (Å²) in [4.78, 5) is 0. The minimum atomic E-state index is 0.468. The van der Waals surface area contributed by atoms with E-state index in [4.69, 9.17) is 5.73 Å². The summed E-state index contributed by atoms with van der Waals surface area (Å²) >= 11 is 0. The second kappa shape index (κ2) is 6.62. The molecule has 1 atom stereocenters. The SMILES string of the molecule is CCC(CC)CN[C@H](C)CN. The van der Waals surface area contributed by atoms with Crippen LogP contribution in [0.1, 0.15) is 33.6 Å². The molecule has 0 rings (SSSR count). The fourth-order valence-electron chi connectivity index (χ4n) is 1.03. The van der Waals surface area contributed by atoms with E-state index in [0.717, 1.165) is 19.0 Å². The summed E-state index contributed by atoms with van der Waals surface area (Å²) in [5.41, 5.74) is 5.48. The van der Waals surface area contributed by atoms with E-state index in [-0.39, 0.29) is 0 Å². The minimum Gasteiger partial charge on any atom is -0.329 e. The Hall–Kier alpha value is -0.0800. The van der Waals surface area contributed by atoms with Gasteiger partial charge in [0, 0.05) is 12.6 Å². The number of hydrogen-bond acceptors (Lipinski definition) is 2. The molecule has 0 bridgehead atoms. The molecule has 0 saturated carbocycles. The third-order valence-corrected chi connectivity index (χ3v) is 2.26. The summed E-state index contributed by atoms with van der Waals surface area (Å²) < 4.78 is 0. The molecular weight excluding hydrogens is 136 g/mol. The van der Waals surface area contributed by atoms with Gasteiger partial charge in [0.1, 0.15) is 0 Å². The molecule has 0 aromatic rings. The lowest BCUT2D eigenvalue weighted by Gasteiger charge is -2.16. The summed E-state index contributed by atoms with van der Waals surface area (Å²) in [6, 6.07) is 0.468. The molecule has 0 unspecified atom stereocenters. The number of rotatable bonds is 6. The van der Waals surface area contributed by atoms with Gasteiger partial charge in [0.15, 0.2) is 0 Å². The lowest BCUT2D eigenvalue weighted by Crippen LogP contribution is -2.36. The van der Waals surface area contributed by atoms with E-state index in [1.54, 1.807) is 0 Å². The Labute approximate surface area is 70.5 Å². The molecule has 0 saturated heterocycles. The summed E-state index contributed by atoms with van der Waals surface area (Å²) in [6.45, 7) is 8.46. The van der Waals surface area contributed by atoms with Crippen LogP contribution in [-0.2, 0) is 0 Å². The Bertz CT molecular complexity index is 79.6. The van der Waals surface area contributed by atoms with Gasteiger partial charge in [-0.1, -0.05) is 26.7 Å². The summed E-state index contributed by atoms with van der Waals surface area (Å²) in [7, 11) is 0. The van der Waals surface area contributed by atoms with Gasteiger partial charge in [-0.25, -0.2) is 0 Å². The van der Waals surface area contributed by atoms with Crippen LogP contribution in [0.2, 0.25) is 0 Å². The molecule has 2 nitrogen and oxygen atoms in total. The Morgan fingerprint density at radius 2 is 1.82 bits per heavy atom. The molecule has 0 amide bonds. The summed E-state index contributed by atoms with van der Waals surface area (Å²) in [5, 5.41) is 3.41. The maximum atomic E-state index is 5.48. The quantitative estimate of drug-likeness (QED) is 0.612. The molecule has 0 fully saturated rings. The molecule has 0 aliphatic rings. The zero-order chi connectivity index (χ0) is 8.69. The van der Waals surface area contributed by atoms with Crippen molar-refractivity contribution in [3.8, 4) is 0 Å². The Morgan fingerprint density at radius 3 is 2.18 bits per heavy atom. The van der Waals surface area contributed by atoms with Crippen LogP contribution in [0.4, 0.5) is 0 Å². The fraction of sp³-hybridized carbons (Fsp3) is 1.00. The van der Waals surface area contributed by atoms with Crippen LogP contribution >= 0.6 is 0 Å². The monoisotopic (exact) mass is 158 g/mol. The van der Waals surface area contributed by atoms with E-state index in [1.807, 2.05) is 0 Å². The van der Waals surface area contributed by atoms with Gasteiger partial charge >= 0.3 is 0 Å². The smallest absolute Gasteiger partial charge is 0.0162 e. The first kappa shape index (κ1) is 10.9. The first-order chi connectivity index (χ1) is 5.24. The zero-order valence-electron chi connectivity index (χ0n) is 8.06. The third kappa shape index (κ3) is 5.22. The second-order valence-corrected chi connectivity index (χ2v) is 3.23.